The third kappa shape index (κ3) is 4.35. The zero-order valence-corrected chi connectivity index (χ0v) is 16.3. The van der Waals surface area contributed by atoms with Gasteiger partial charge in [-0.25, -0.2) is 8.42 Å². The zero-order valence-electron chi connectivity index (χ0n) is 15.5. The van der Waals surface area contributed by atoms with E-state index in [2.05, 4.69) is 0 Å². The fourth-order valence-electron chi connectivity index (χ4n) is 3.21. The van der Waals surface area contributed by atoms with Crippen LogP contribution in [-0.2, 0) is 21.4 Å². The highest BCUT2D eigenvalue weighted by atomic mass is 32.2. The van der Waals surface area contributed by atoms with E-state index in [0.29, 0.717) is 12.4 Å². The van der Waals surface area contributed by atoms with E-state index in [1.54, 1.807) is 12.1 Å². The number of carbonyl (C=O) groups is 1. The summed E-state index contributed by atoms with van der Waals surface area (Å²) in [5.74, 6) is -0.704. The molecule has 0 bridgehead atoms. The van der Waals surface area contributed by atoms with Crippen molar-refractivity contribution < 1.29 is 28.2 Å². The molecule has 0 aliphatic carbocycles. The monoisotopic (exact) mass is 405 g/mol. The van der Waals surface area contributed by atoms with Crippen molar-refractivity contribution >= 4 is 16.0 Å². The van der Waals surface area contributed by atoms with Gasteiger partial charge in [-0.2, -0.15) is 4.31 Å². The van der Waals surface area contributed by atoms with Gasteiger partial charge >= 0.3 is 5.97 Å². The summed E-state index contributed by atoms with van der Waals surface area (Å²) in [5, 5.41) is 19.2. The third-order valence-electron chi connectivity index (χ3n) is 4.88. The van der Waals surface area contributed by atoms with Gasteiger partial charge in [0.15, 0.2) is 0 Å². The van der Waals surface area contributed by atoms with E-state index in [-0.39, 0.29) is 24.3 Å². The number of aliphatic hydroxyl groups excluding tert-OH is 1. The van der Waals surface area contributed by atoms with Crippen LogP contribution in [0, 0.1) is 6.92 Å². The Hall–Kier alpha value is -2.42. The molecule has 28 heavy (non-hydrogen) atoms. The molecule has 0 radical (unpaired) electrons. The Morgan fingerprint density at radius 2 is 1.82 bits per heavy atom. The molecule has 0 spiro atoms. The Bertz CT molecular complexity index is 941. The molecule has 1 aliphatic heterocycles. The Labute approximate surface area is 164 Å². The van der Waals surface area contributed by atoms with Crippen LogP contribution in [0.15, 0.2) is 53.4 Å². The summed E-state index contributed by atoms with van der Waals surface area (Å²) in [6, 6.07) is 12.5. The number of ether oxygens (including phenoxy) is 1. The summed E-state index contributed by atoms with van der Waals surface area (Å²) < 4.78 is 32.4. The van der Waals surface area contributed by atoms with E-state index in [1.807, 2.05) is 31.2 Å². The standard InChI is InChI=1S/C20H23NO6S/c1-14-4-2-3-5-15(14)13-27-17-7-9-18(10-8-17)28(25,26)21-12-16(22)6-11-19(21)20(23)24/h2-5,7-10,16,19,22H,6,11-13H2,1H3,(H,23,24). The number of benzene rings is 2. The number of carboxylic acids is 1. The molecule has 2 N–H and O–H groups in total. The fraction of sp³-hybridized carbons (Fsp3) is 0.350. The summed E-state index contributed by atoms with van der Waals surface area (Å²) in [7, 11) is -4.04. The lowest BCUT2D eigenvalue weighted by Crippen LogP contribution is -2.51. The van der Waals surface area contributed by atoms with Crippen molar-refractivity contribution in [2.45, 2.75) is 43.4 Å². The normalized spacial score (nSPS) is 20.6. The van der Waals surface area contributed by atoms with Gasteiger partial charge in [0.2, 0.25) is 10.0 Å². The van der Waals surface area contributed by atoms with Crippen molar-refractivity contribution in [3.8, 4) is 5.75 Å². The number of rotatable bonds is 6. The van der Waals surface area contributed by atoms with Crippen LogP contribution in [-0.4, -0.2) is 47.6 Å². The van der Waals surface area contributed by atoms with E-state index in [4.69, 9.17) is 4.74 Å². The smallest absolute Gasteiger partial charge is 0.322 e. The molecular weight excluding hydrogens is 382 g/mol. The predicted octanol–water partition coefficient (Wildman–Crippen LogP) is 2.17. The summed E-state index contributed by atoms with van der Waals surface area (Å²) in [6.45, 7) is 2.11. The second-order valence-corrected chi connectivity index (χ2v) is 8.74. The minimum absolute atomic E-state index is 0.0314. The molecule has 0 aromatic heterocycles. The average molecular weight is 405 g/mol. The van der Waals surface area contributed by atoms with Crippen LogP contribution in [0.2, 0.25) is 0 Å². The molecule has 2 aromatic carbocycles. The molecule has 3 rings (SSSR count). The van der Waals surface area contributed by atoms with Crippen molar-refractivity contribution in [1.29, 1.82) is 0 Å². The van der Waals surface area contributed by atoms with Gasteiger partial charge in [0, 0.05) is 6.54 Å². The number of hydrogen-bond donors (Lipinski definition) is 2. The molecule has 2 atom stereocenters. The van der Waals surface area contributed by atoms with Crippen LogP contribution in [0.1, 0.15) is 24.0 Å². The molecule has 1 heterocycles. The van der Waals surface area contributed by atoms with Crippen LogP contribution >= 0.6 is 0 Å². The SMILES string of the molecule is Cc1ccccc1COc1ccc(S(=O)(=O)N2CC(O)CCC2C(=O)O)cc1. The number of aliphatic hydroxyl groups is 1. The highest BCUT2D eigenvalue weighted by Gasteiger charge is 2.40. The van der Waals surface area contributed by atoms with E-state index in [1.165, 1.54) is 12.1 Å². The largest absolute Gasteiger partial charge is 0.489 e. The molecule has 2 unspecified atom stereocenters. The van der Waals surface area contributed by atoms with Gasteiger partial charge in [-0.05, 0) is 55.2 Å². The molecule has 150 valence electrons. The molecule has 2 aromatic rings. The van der Waals surface area contributed by atoms with Crippen molar-refractivity contribution in [3.05, 3.63) is 59.7 Å². The van der Waals surface area contributed by atoms with Gasteiger partial charge in [0.1, 0.15) is 18.4 Å². The van der Waals surface area contributed by atoms with Gasteiger partial charge in [-0.1, -0.05) is 24.3 Å². The van der Waals surface area contributed by atoms with Crippen molar-refractivity contribution in [3.63, 3.8) is 0 Å². The maximum atomic E-state index is 12.9. The van der Waals surface area contributed by atoms with Crippen LogP contribution < -0.4 is 4.74 Å². The number of piperidine rings is 1. The molecule has 8 heteroatoms. The first-order chi connectivity index (χ1) is 13.3. The number of nitrogens with zero attached hydrogens (tertiary/aromatic N) is 1. The summed E-state index contributed by atoms with van der Waals surface area (Å²) in [6.07, 6.45) is -0.538. The quantitative estimate of drug-likeness (QED) is 0.763. The number of hydrogen-bond acceptors (Lipinski definition) is 5. The predicted molar refractivity (Wildman–Crippen MR) is 103 cm³/mol. The van der Waals surface area contributed by atoms with Gasteiger partial charge in [-0.3, -0.25) is 4.79 Å². The maximum absolute atomic E-state index is 12.9. The lowest BCUT2D eigenvalue weighted by atomic mass is 10.0. The van der Waals surface area contributed by atoms with E-state index < -0.39 is 28.1 Å². The van der Waals surface area contributed by atoms with Gasteiger partial charge < -0.3 is 14.9 Å². The minimum atomic E-state index is -4.04. The Balaban J connectivity index is 1.76. The summed E-state index contributed by atoms with van der Waals surface area (Å²) >= 11 is 0. The van der Waals surface area contributed by atoms with E-state index in [9.17, 15) is 23.4 Å². The van der Waals surface area contributed by atoms with Crippen LogP contribution in [0.3, 0.4) is 0 Å². The highest BCUT2D eigenvalue weighted by Crippen LogP contribution is 2.27. The van der Waals surface area contributed by atoms with Gasteiger partial charge in [0.25, 0.3) is 0 Å². The van der Waals surface area contributed by atoms with Crippen LogP contribution in [0.5, 0.6) is 5.75 Å². The number of sulfonamides is 1. The van der Waals surface area contributed by atoms with Crippen molar-refractivity contribution in [2.24, 2.45) is 0 Å². The lowest BCUT2D eigenvalue weighted by Gasteiger charge is -2.34. The topological polar surface area (TPSA) is 104 Å². The van der Waals surface area contributed by atoms with Gasteiger partial charge in [0.05, 0.1) is 11.0 Å². The first kappa shape index (κ1) is 20.3. The van der Waals surface area contributed by atoms with Crippen LogP contribution in [0.25, 0.3) is 0 Å². The van der Waals surface area contributed by atoms with Crippen molar-refractivity contribution in [1.82, 2.24) is 4.31 Å². The average Bonchev–Trinajstić information content (AvgIpc) is 2.67. The maximum Gasteiger partial charge on any atom is 0.322 e. The van der Waals surface area contributed by atoms with Gasteiger partial charge in [-0.15, -0.1) is 0 Å². The molecule has 1 aliphatic rings. The van der Waals surface area contributed by atoms with Crippen LogP contribution in [0.4, 0.5) is 0 Å². The van der Waals surface area contributed by atoms with Crippen molar-refractivity contribution in [2.75, 3.05) is 6.54 Å². The molecule has 1 saturated heterocycles. The number of β-amino-alcohol motifs (C(OH)–C–C–N with tert-alkyl or cyclic N) is 1. The second kappa shape index (κ2) is 8.30. The molecule has 0 amide bonds. The second-order valence-electron chi connectivity index (χ2n) is 6.85. The third-order valence-corrected chi connectivity index (χ3v) is 6.77. The number of aryl methyl sites for hydroxylation is 1. The Kier molecular flexibility index (Phi) is 6.02. The summed E-state index contributed by atoms with van der Waals surface area (Å²) in [4.78, 5) is 11.4. The first-order valence-corrected chi connectivity index (χ1v) is 10.4. The number of aliphatic carboxylic acids is 1. The lowest BCUT2D eigenvalue weighted by molar-refractivity contribution is -0.143. The zero-order chi connectivity index (χ0) is 20.3. The number of carboxylic acid groups (broad SMARTS) is 1. The molecular formula is C20H23NO6S. The molecule has 1 fully saturated rings. The molecule has 7 nitrogen and oxygen atoms in total. The van der Waals surface area contributed by atoms with E-state index >= 15 is 0 Å². The minimum Gasteiger partial charge on any atom is -0.489 e. The Morgan fingerprint density at radius 3 is 2.46 bits per heavy atom. The summed E-state index contributed by atoms with van der Waals surface area (Å²) in [5.41, 5.74) is 2.14. The fourth-order valence-corrected chi connectivity index (χ4v) is 4.86. The Morgan fingerprint density at radius 1 is 1.14 bits per heavy atom. The molecule has 0 saturated carbocycles. The highest BCUT2D eigenvalue weighted by molar-refractivity contribution is 7.89. The first-order valence-electron chi connectivity index (χ1n) is 8.99. The van der Waals surface area contributed by atoms with E-state index in [0.717, 1.165) is 15.4 Å².